The normalized spacial score (nSPS) is 16.6. The average molecular weight is 1400 g/mol. The molecule has 534 valence electrons. The van der Waals surface area contributed by atoms with Crippen molar-refractivity contribution < 1.29 is 87.9 Å². The number of aliphatic hydroxyl groups excluding tert-OH is 1. The van der Waals surface area contributed by atoms with Gasteiger partial charge in [0.05, 0.1) is 18.7 Å². The number of β-amino-alcohol motifs (C(OH)–C–C–N with tert-alkyl or cyclic N) is 1. The van der Waals surface area contributed by atoms with Crippen molar-refractivity contribution in [3.63, 3.8) is 0 Å². The number of phenols is 2. The second kappa shape index (κ2) is 37.9. The molecule has 0 aliphatic carbocycles. The summed E-state index contributed by atoms with van der Waals surface area (Å²) >= 11 is 8.58. The number of phenolic OH excluding ortho intramolecular Hbond substituents is 2. The Balaban J connectivity index is 1.28. The molecule has 1 fully saturated rings. The van der Waals surface area contributed by atoms with Crippen LogP contribution in [-0.4, -0.2) is 203 Å². The first-order chi connectivity index (χ1) is 46.3. The van der Waals surface area contributed by atoms with Gasteiger partial charge in [0.15, 0.2) is 0 Å². The van der Waals surface area contributed by atoms with Crippen molar-refractivity contribution in [2.45, 2.75) is 165 Å². The van der Waals surface area contributed by atoms with Crippen molar-refractivity contribution in [2.75, 3.05) is 24.6 Å². The number of likely N-dealkylation sites (tertiary alicyclic amines) is 1. The number of hydrogen-bond acceptors (Lipinski definition) is 19. The lowest BCUT2D eigenvalue weighted by atomic mass is 9.96. The number of carboxylic acid groups (broad SMARTS) is 2. The van der Waals surface area contributed by atoms with Gasteiger partial charge in [-0.25, -0.2) is 4.79 Å². The second-order valence-electron chi connectivity index (χ2n) is 24.6. The molecular formula is C65H89N13O18S2. The predicted octanol–water partition coefficient (Wildman–Crippen LogP) is -1.63. The van der Waals surface area contributed by atoms with E-state index in [2.05, 4.69) is 78.1 Å². The number of aliphatic carboxylic acids is 2. The highest BCUT2D eigenvalue weighted by atomic mass is 32.1. The monoisotopic (exact) mass is 1400 g/mol. The van der Waals surface area contributed by atoms with Gasteiger partial charge in [-0.05, 0) is 91.0 Å². The molecule has 98 heavy (non-hydrogen) atoms. The lowest BCUT2D eigenvalue weighted by Gasteiger charge is -2.30. The fourth-order valence-corrected chi connectivity index (χ4v) is 11.3. The van der Waals surface area contributed by atoms with Crippen LogP contribution >= 0.6 is 25.3 Å². The first kappa shape index (κ1) is 79.2. The van der Waals surface area contributed by atoms with Crippen molar-refractivity contribution >= 4 is 113 Å². The highest BCUT2D eigenvalue weighted by molar-refractivity contribution is 7.80. The van der Waals surface area contributed by atoms with Crippen LogP contribution in [0.15, 0.2) is 72.9 Å². The largest absolute Gasteiger partial charge is 0.508 e. The van der Waals surface area contributed by atoms with Gasteiger partial charge >= 0.3 is 11.9 Å². The van der Waals surface area contributed by atoms with Crippen LogP contribution in [0.3, 0.4) is 0 Å². The summed E-state index contributed by atoms with van der Waals surface area (Å²) in [6.45, 7) is 7.15. The van der Waals surface area contributed by atoms with Gasteiger partial charge in [-0.1, -0.05) is 76.6 Å². The first-order valence-corrected chi connectivity index (χ1v) is 33.1. The van der Waals surface area contributed by atoms with Gasteiger partial charge in [-0.2, -0.15) is 25.3 Å². The summed E-state index contributed by atoms with van der Waals surface area (Å²) in [6, 6.07) is 2.78. The Morgan fingerprint density at radius 3 is 1.84 bits per heavy atom. The Hall–Kier alpha value is -9.47. The summed E-state index contributed by atoms with van der Waals surface area (Å²) in [6.07, 6.45) is -1.84. The molecule has 1 saturated heterocycles. The molecule has 31 nitrogen and oxygen atoms in total. The Morgan fingerprint density at radius 1 is 0.643 bits per heavy atom. The van der Waals surface area contributed by atoms with Crippen LogP contribution in [0.5, 0.6) is 11.5 Å². The minimum atomic E-state index is -1.55. The Bertz CT molecular complexity index is 3520. The Morgan fingerprint density at radius 2 is 1.21 bits per heavy atom. The van der Waals surface area contributed by atoms with Gasteiger partial charge < -0.3 is 94.7 Å². The van der Waals surface area contributed by atoms with Crippen LogP contribution < -0.4 is 59.3 Å². The minimum Gasteiger partial charge on any atom is -0.508 e. The lowest BCUT2D eigenvalue weighted by Crippen LogP contribution is -2.61. The number of carboxylic acids is 2. The number of nitrogens with zero attached hydrogens (tertiary/aromatic N) is 1. The molecule has 1 aliphatic heterocycles. The van der Waals surface area contributed by atoms with E-state index in [1.165, 1.54) is 42.5 Å². The van der Waals surface area contributed by atoms with E-state index in [0.29, 0.717) is 28.7 Å². The molecule has 4 aromatic rings. The fraction of sp³-hybridized carbons (Fsp3) is 0.492. The molecule has 1 aromatic heterocycles. The van der Waals surface area contributed by atoms with Crippen LogP contribution in [0.25, 0.3) is 10.9 Å². The third-order valence-electron chi connectivity index (χ3n) is 16.4. The highest BCUT2D eigenvalue weighted by Gasteiger charge is 2.43. The van der Waals surface area contributed by atoms with Crippen molar-refractivity contribution in [1.82, 2.24) is 57.7 Å². The lowest BCUT2D eigenvalue weighted by molar-refractivity contribution is -0.143. The fourth-order valence-electron chi connectivity index (χ4n) is 10.8. The zero-order valence-corrected chi connectivity index (χ0v) is 56.7. The smallest absolute Gasteiger partial charge is 0.326 e. The van der Waals surface area contributed by atoms with E-state index >= 15 is 0 Å². The molecule has 1 aliphatic rings. The number of nitrogens with two attached hydrogens (primary N) is 2. The number of thiol groups is 2. The number of primary amides is 1. The van der Waals surface area contributed by atoms with Crippen molar-refractivity contribution in [3.05, 3.63) is 95.2 Å². The molecule has 19 N–H and O–H groups in total. The molecule has 0 radical (unpaired) electrons. The van der Waals surface area contributed by atoms with E-state index in [0.717, 1.165) is 15.8 Å². The maximum atomic E-state index is 14.4. The third kappa shape index (κ3) is 24.0. The van der Waals surface area contributed by atoms with E-state index < -0.39 is 175 Å². The molecule has 0 unspecified atom stereocenters. The van der Waals surface area contributed by atoms with Crippen LogP contribution in [0.1, 0.15) is 94.9 Å². The number of carbonyl (C=O) groups excluding carboxylic acids is 11. The maximum Gasteiger partial charge on any atom is 0.326 e. The van der Waals surface area contributed by atoms with Gasteiger partial charge in [-0.3, -0.25) is 57.5 Å². The zero-order valence-electron chi connectivity index (χ0n) is 54.9. The molecular weight excluding hydrogens is 1310 g/mol. The second-order valence-corrected chi connectivity index (χ2v) is 25.3. The van der Waals surface area contributed by atoms with E-state index in [1.807, 2.05) is 18.2 Å². The molecule has 0 saturated carbocycles. The van der Waals surface area contributed by atoms with E-state index in [1.54, 1.807) is 46.9 Å². The number of benzene rings is 3. The van der Waals surface area contributed by atoms with E-state index in [-0.39, 0.29) is 73.9 Å². The first-order valence-electron chi connectivity index (χ1n) is 31.8. The average Bonchev–Trinajstić information content (AvgIpc) is 1.64. The quantitative estimate of drug-likeness (QED) is 0.0224. The summed E-state index contributed by atoms with van der Waals surface area (Å²) in [7, 11) is 0. The molecule has 0 bridgehead atoms. The number of H-pyrrole nitrogens is 1. The Kier molecular flexibility index (Phi) is 30.6. The van der Waals surface area contributed by atoms with Crippen molar-refractivity contribution in [1.29, 1.82) is 0 Å². The van der Waals surface area contributed by atoms with Gasteiger partial charge in [0.2, 0.25) is 65.0 Å². The maximum absolute atomic E-state index is 14.4. The van der Waals surface area contributed by atoms with Crippen molar-refractivity contribution in [3.8, 4) is 11.5 Å². The summed E-state index contributed by atoms with van der Waals surface area (Å²) in [4.78, 5) is 179. The summed E-state index contributed by atoms with van der Waals surface area (Å²) in [5.41, 5.74) is 14.2. The van der Waals surface area contributed by atoms with E-state index in [4.69, 9.17) is 11.5 Å². The Labute approximate surface area is 576 Å². The van der Waals surface area contributed by atoms with Crippen LogP contribution in [0.2, 0.25) is 0 Å². The number of aromatic nitrogens is 1. The number of aromatic hydroxyl groups is 2. The molecule has 12 atom stereocenters. The van der Waals surface area contributed by atoms with Gasteiger partial charge in [0.1, 0.15) is 65.9 Å². The number of carbonyl (C=O) groups is 13. The third-order valence-corrected chi connectivity index (χ3v) is 17.2. The summed E-state index contributed by atoms with van der Waals surface area (Å²) in [5.74, 6) is -14.6. The van der Waals surface area contributed by atoms with E-state index in [9.17, 15) is 87.9 Å². The van der Waals surface area contributed by atoms with Crippen LogP contribution in [0, 0.1) is 18.8 Å². The minimum absolute atomic E-state index is 0.0224. The van der Waals surface area contributed by atoms with Crippen LogP contribution in [0.4, 0.5) is 0 Å². The summed E-state index contributed by atoms with van der Waals surface area (Å²) < 4.78 is 0. The molecule has 11 amide bonds. The van der Waals surface area contributed by atoms with Gasteiger partial charge in [0, 0.05) is 67.3 Å². The topological polar surface area (TPSA) is 502 Å². The molecule has 2 heterocycles. The summed E-state index contributed by atoms with van der Waals surface area (Å²) in [5, 5.41) is 74.0. The zero-order chi connectivity index (χ0) is 72.7. The van der Waals surface area contributed by atoms with Crippen molar-refractivity contribution in [2.24, 2.45) is 23.3 Å². The molecule has 33 heteroatoms. The standard InChI is InChI=1S/C65H89N13O18S2/c1-6-33(4)55(63(93)72-44(65(95)96)16-19-52(67)82)77-60(90)47(23-35-11-14-38(79)15-12-35)73-61(91)48(30-97)75-59(89)45(21-32(2)3)70-53(83)28-69-57(87)46(24-36-13-18-51(81)34(5)22-36)74-62(92)50-26-39(80)29-78(50)64(94)49(31-98)76-58(88)43(17-20-54(84)85)71-56(86)41(66)25-37-27-68-42-10-8-7-9-40(37)42/h7-15,18,22,27,32-33,39,41,43-50,55,68,79-81,97-98H,6,16-17,19-21,23-26,28-31,66H2,1-5H3,(H2,67,82)(H,69,87)(H,70,83)(H,71,86)(H,72,93)(H,73,91)(H,74,92)(H,75,89)(H,76,88)(H,77,90)(H,84,85)(H,95,96)/t33-,39+,41-,43+,44-,45-,46-,47-,48-,49-,50-,55-/m0/s1. The number of para-hydroxylation sites is 1. The number of fused-ring (bicyclic) bond motifs is 1. The number of hydrogen-bond donors (Lipinski definition) is 19. The SMILES string of the molecule is CC[C@H](C)[C@H](NC(=O)[C@H](Cc1ccc(O)cc1)NC(=O)[C@H](CS)NC(=O)[C@H](CC(C)C)NC(=O)CNC(=O)[C@H](Cc1ccc(O)c(C)c1)NC(=O)[C@@H]1C[C@@H](O)CN1C(=O)[C@H](CS)NC(=O)[C@@H](CCC(=O)O)NC(=O)[C@@H](N)Cc1c[nH]c2ccccc12)C(=O)N[C@@H](CCC(N)=O)C(=O)O. The number of amides is 11. The predicted molar refractivity (Wildman–Crippen MR) is 362 cm³/mol. The molecule has 0 spiro atoms. The highest BCUT2D eigenvalue weighted by Crippen LogP contribution is 2.24. The van der Waals surface area contributed by atoms with Crippen LogP contribution in [-0.2, 0) is 81.6 Å². The molecule has 3 aromatic carbocycles. The number of nitrogens with one attached hydrogen (secondary N) is 10. The number of aromatic amines is 1. The number of aryl methyl sites for hydroxylation is 1. The number of aliphatic hydroxyl groups is 1. The van der Waals surface area contributed by atoms with Gasteiger partial charge in [-0.15, -0.1) is 0 Å². The number of rotatable bonds is 38. The van der Waals surface area contributed by atoms with Gasteiger partial charge in [0.25, 0.3) is 0 Å². The molecule has 5 rings (SSSR count).